The van der Waals surface area contributed by atoms with Crippen LogP contribution in [0.2, 0.25) is 0 Å². The van der Waals surface area contributed by atoms with Gasteiger partial charge in [-0.3, -0.25) is 0 Å². The number of rotatable bonds is 4. The molecule has 1 spiro atoms. The van der Waals surface area contributed by atoms with Crippen molar-refractivity contribution in [1.29, 1.82) is 0 Å². The molecule has 0 aromatic carbocycles. The van der Waals surface area contributed by atoms with Crippen LogP contribution in [0.25, 0.3) is 0 Å². The molecule has 0 radical (unpaired) electrons. The zero-order valence-electron chi connectivity index (χ0n) is 9.54. The first kappa shape index (κ1) is 11.3. The summed E-state index contributed by atoms with van der Waals surface area (Å²) in [6.07, 6.45) is 2.00. The van der Waals surface area contributed by atoms with E-state index in [2.05, 4.69) is 4.90 Å². The van der Waals surface area contributed by atoms with Gasteiger partial charge in [0.05, 0.1) is 19.8 Å². The molecule has 4 nitrogen and oxygen atoms in total. The predicted octanol–water partition coefficient (Wildman–Crippen LogP) is 0.862. The molecule has 2 rings (SSSR count). The Hall–Kier alpha value is -0.160. The third-order valence-corrected chi connectivity index (χ3v) is 3.19. The van der Waals surface area contributed by atoms with E-state index in [1.165, 1.54) is 0 Å². The van der Waals surface area contributed by atoms with Crippen LogP contribution in [0, 0.1) is 0 Å². The summed E-state index contributed by atoms with van der Waals surface area (Å²) in [5, 5.41) is 0. The van der Waals surface area contributed by atoms with E-state index in [9.17, 15) is 0 Å². The summed E-state index contributed by atoms with van der Waals surface area (Å²) in [7, 11) is 0. The average molecular weight is 215 g/mol. The molecule has 4 heteroatoms. The molecule has 88 valence electrons. The van der Waals surface area contributed by atoms with Gasteiger partial charge in [-0.15, -0.1) is 0 Å². The zero-order chi connectivity index (χ0) is 10.6. The lowest BCUT2D eigenvalue weighted by molar-refractivity contribution is -0.185. The third kappa shape index (κ3) is 2.91. The summed E-state index contributed by atoms with van der Waals surface area (Å²) < 4.78 is 16.7. The molecule has 2 aliphatic rings. The van der Waals surface area contributed by atoms with Gasteiger partial charge in [-0.25, -0.2) is 0 Å². The summed E-state index contributed by atoms with van der Waals surface area (Å²) in [5.41, 5.74) is 0. The number of hydrogen-bond acceptors (Lipinski definition) is 4. The molecule has 0 atom stereocenters. The molecule has 2 heterocycles. The van der Waals surface area contributed by atoms with E-state index < -0.39 is 0 Å². The highest BCUT2D eigenvalue weighted by molar-refractivity contribution is 4.82. The Morgan fingerprint density at radius 1 is 1.20 bits per heavy atom. The van der Waals surface area contributed by atoms with Crippen LogP contribution in [0.4, 0.5) is 0 Å². The predicted molar refractivity (Wildman–Crippen MR) is 56.8 cm³/mol. The van der Waals surface area contributed by atoms with E-state index in [1.54, 1.807) is 0 Å². The lowest BCUT2D eigenvalue weighted by atomic mass is 10.0. The monoisotopic (exact) mass is 215 g/mol. The van der Waals surface area contributed by atoms with Crippen molar-refractivity contribution in [2.75, 3.05) is 46.1 Å². The molecule has 2 saturated heterocycles. The van der Waals surface area contributed by atoms with Crippen molar-refractivity contribution in [3.8, 4) is 0 Å². The largest absolute Gasteiger partial charge is 0.380 e. The van der Waals surface area contributed by atoms with Crippen molar-refractivity contribution >= 4 is 0 Å². The maximum Gasteiger partial charge on any atom is 0.170 e. The average Bonchev–Trinajstić information content (AvgIpc) is 2.71. The Balaban J connectivity index is 1.67. The highest BCUT2D eigenvalue weighted by atomic mass is 16.7. The number of hydrogen-bond donors (Lipinski definition) is 0. The normalized spacial score (nSPS) is 26.2. The number of piperidine rings is 1. The van der Waals surface area contributed by atoms with Crippen LogP contribution in [0.3, 0.4) is 0 Å². The van der Waals surface area contributed by atoms with Crippen molar-refractivity contribution in [2.45, 2.75) is 25.6 Å². The van der Waals surface area contributed by atoms with Gasteiger partial charge in [-0.05, 0) is 6.92 Å². The van der Waals surface area contributed by atoms with E-state index >= 15 is 0 Å². The molecule has 0 unspecified atom stereocenters. The summed E-state index contributed by atoms with van der Waals surface area (Å²) >= 11 is 0. The molecular weight excluding hydrogens is 194 g/mol. The summed E-state index contributed by atoms with van der Waals surface area (Å²) in [6, 6.07) is 0. The van der Waals surface area contributed by atoms with E-state index in [0.29, 0.717) is 0 Å². The summed E-state index contributed by atoms with van der Waals surface area (Å²) in [5.74, 6) is -0.234. The first-order valence-corrected chi connectivity index (χ1v) is 5.93. The fourth-order valence-electron chi connectivity index (χ4n) is 2.24. The van der Waals surface area contributed by atoms with Crippen molar-refractivity contribution < 1.29 is 14.2 Å². The highest BCUT2D eigenvalue weighted by Crippen LogP contribution is 2.30. The van der Waals surface area contributed by atoms with E-state index in [0.717, 1.165) is 58.9 Å². The van der Waals surface area contributed by atoms with Crippen molar-refractivity contribution in [2.24, 2.45) is 0 Å². The lowest BCUT2D eigenvalue weighted by Crippen LogP contribution is -2.45. The van der Waals surface area contributed by atoms with E-state index in [-0.39, 0.29) is 5.79 Å². The van der Waals surface area contributed by atoms with E-state index in [4.69, 9.17) is 14.2 Å². The Bertz CT molecular complexity index is 182. The summed E-state index contributed by atoms with van der Waals surface area (Å²) in [4.78, 5) is 2.42. The van der Waals surface area contributed by atoms with Crippen molar-refractivity contribution in [3.05, 3.63) is 0 Å². The SMILES string of the molecule is CCOCCN1CCC2(CC1)OCCO2. The van der Waals surface area contributed by atoms with Gasteiger partial charge in [0.25, 0.3) is 0 Å². The number of likely N-dealkylation sites (tertiary alicyclic amines) is 1. The quantitative estimate of drug-likeness (QED) is 0.651. The minimum Gasteiger partial charge on any atom is -0.380 e. The van der Waals surface area contributed by atoms with Gasteiger partial charge in [0.1, 0.15) is 0 Å². The van der Waals surface area contributed by atoms with Crippen LogP contribution in [-0.2, 0) is 14.2 Å². The summed E-state index contributed by atoms with van der Waals surface area (Å²) in [6.45, 7) is 8.36. The van der Waals surface area contributed by atoms with Gasteiger partial charge in [-0.2, -0.15) is 0 Å². The molecule has 0 bridgehead atoms. The topological polar surface area (TPSA) is 30.9 Å². The molecule has 0 saturated carbocycles. The first-order chi connectivity index (χ1) is 7.35. The second-order valence-electron chi connectivity index (χ2n) is 4.15. The Morgan fingerprint density at radius 2 is 1.87 bits per heavy atom. The van der Waals surface area contributed by atoms with Crippen LogP contribution >= 0.6 is 0 Å². The molecule has 2 aliphatic heterocycles. The standard InChI is InChI=1S/C11H21NO3/c1-2-13-8-7-12-5-3-11(4-6-12)14-9-10-15-11/h2-10H2,1H3. The third-order valence-electron chi connectivity index (χ3n) is 3.19. The first-order valence-electron chi connectivity index (χ1n) is 5.93. The van der Waals surface area contributed by atoms with E-state index in [1.807, 2.05) is 6.92 Å². The lowest BCUT2D eigenvalue weighted by Gasteiger charge is -2.37. The maximum atomic E-state index is 5.68. The fourth-order valence-corrected chi connectivity index (χ4v) is 2.24. The molecule has 0 aromatic rings. The van der Waals surface area contributed by atoms with Gasteiger partial charge in [0.15, 0.2) is 5.79 Å². The Morgan fingerprint density at radius 3 is 2.47 bits per heavy atom. The van der Waals surface area contributed by atoms with Crippen LogP contribution in [0.5, 0.6) is 0 Å². The molecule has 15 heavy (non-hydrogen) atoms. The van der Waals surface area contributed by atoms with Gasteiger partial charge >= 0.3 is 0 Å². The Labute approximate surface area is 91.5 Å². The van der Waals surface area contributed by atoms with Gasteiger partial charge in [0, 0.05) is 39.1 Å². The minimum absolute atomic E-state index is 0.234. The van der Waals surface area contributed by atoms with Crippen LogP contribution in [0.15, 0.2) is 0 Å². The molecule has 0 aromatic heterocycles. The fraction of sp³-hybridized carbons (Fsp3) is 1.00. The van der Waals surface area contributed by atoms with Crippen molar-refractivity contribution in [1.82, 2.24) is 4.90 Å². The van der Waals surface area contributed by atoms with Crippen LogP contribution < -0.4 is 0 Å². The molecule has 0 aliphatic carbocycles. The molecule has 0 amide bonds. The van der Waals surface area contributed by atoms with Crippen LogP contribution in [-0.4, -0.2) is 56.7 Å². The number of nitrogens with zero attached hydrogens (tertiary/aromatic N) is 1. The second kappa shape index (κ2) is 5.25. The van der Waals surface area contributed by atoms with Gasteiger partial charge in [-0.1, -0.05) is 0 Å². The molecular formula is C11H21NO3. The maximum absolute atomic E-state index is 5.68. The smallest absolute Gasteiger partial charge is 0.170 e. The van der Waals surface area contributed by atoms with Gasteiger partial charge in [0.2, 0.25) is 0 Å². The second-order valence-corrected chi connectivity index (χ2v) is 4.15. The number of ether oxygens (including phenoxy) is 3. The zero-order valence-corrected chi connectivity index (χ0v) is 9.54. The highest BCUT2D eigenvalue weighted by Gasteiger charge is 2.39. The van der Waals surface area contributed by atoms with Crippen molar-refractivity contribution in [3.63, 3.8) is 0 Å². The minimum atomic E-state index is -0.234. The molecule has 0 N–H and O–H groups in total. The van der Waals surface area contributed by atoms with Crippen LogP contribution in [0.1, 0.15) is 19.8 Å². The Kier molecular flexibility index (Phi) is 3.97. The molecule has 2 fully saturated rings. The van der Waals surface area contributed by atoms with Gasteiger partial charge < -0.3 is 19.1 Å².